The summed E-state index contributed by atoms with van der Waals surface area (Å²) < 4.78 is 0. The van der Waals surface area contributed by atoms with Gasteiger partial charge in [0.05, 0.1) is 0 Å². The summed E-state index contributed by atoms with van der Waals surface area (Å²) in [7, 11) is 0. The Hall–Kier alpha value is -1.28. The molecule has 1 aromatic heterocycles. The Morgan fingerprint density at radius 2 is 2.21 bits per heavy atom. The van der Waals surface area contributed by atoms with Crippen molar-refractivity contribution in [3.05, 3.63) is 36.0 Å². The van der Waals surface area contributed by atoms with Gasteiger partial charge in [-0.2, -0.15) is 0 Å². The van der Waals surface area contributed by atoms with Gasteiger partial charge >= 0.3 is 0 Å². The topological polar surface area (TPSA) is 36.0 Å². The van der Waals surface area contributed by atoms with Crippen molar-refractivity contribution in [2.24, 2.45) is 0 Å². The summed E-state index contributed by atoms with van der Waals surface area (Å²) >= 11 is 0. The minimum absolute atomic E-state index is 0.229. The van der Waals surface area contributed by atoms with Crippen LogP contribution in [-0.2, 0) is 0 Å². The molecule has 2 aromatic rings. The van der Waals surface area contributed by atoms with E-state index in [2.05, 4.69) is 36.2 Å². The fourth-order valence-electron chi connectivity index (χ4n) is 1.80. The second kappa shape index (κ2) is 3.84. The van der Waals surface area contributed by atoms with Crippen LogP contribution in [0.15, 0.2) is 30.5 Å². The monoisotopic (exact) mass is 189 g/mol. The molecule has 14 heavy (non-hydrogen) atoms. The van der Waals surface area contributed by atoms with E-state index in [0.717, 1.165) is 11.9 Å². The third kappa shape index (κ3) is 1.53. The number of benzene rings is 1. The van der Waals surface area contributed by atoms with Gasteiger partial charge < -0.3 is 10.1 Å². The molecule has 0 saturated carbocycles. The molecule has 0 fully saturated rings. The summed E-state index contributed by atoms with van der Waals surface area (Å²) in [6, 6.07) is 8.37. The Labute approximate surface area is 83.6 Å². The number of aromatic amines is 1. The molecule has 0 amide bonds. The maximum atomic E-state index is 9.19. The van der Waals surface area contributed by atoms with E-state index in [9.17, 15) is 5.11 Å². The Bertz CT molecular complexity index is 415. The van der Waals surface area contributed by atoms with Gasteiger partial charge in [-0.3, -0.25) is 0 Å². The van der Waals surface area contributed by atoms with Gasteiger partial charge in [0, 0.05) is 24.2 Å². The van der Waals surface area contributed by atoms with Gasteiger partial charge in [-0.15, -0.1) is 0 Å². The maximum Gasteiger partial charge on any atom is 0.0499 e. The first-order chi connectivity index (χ1) is 6.85. The van der Waals surface area contributed by atoms with E-state index in [1.165, 1.54) is 10.9 Å². The van der Waals surface area contributed by atoms with Crippen molar-refractivity contribution in [3.8, 4) is 0 Å². The Balaban J connectivity index is 2.42. The van der Waals surface area contributed by atoms with E-state index in [1.807, 2.05) is 6.20 Å². The summed E-state index contributed by atoms with van der Waals surface area (Å²) in [6.07, 6.45) is 2.92. The number of hydrogen-bond donors (Lipinski definition) is 2. The standard InChI is InChI=1S/C12H15NO/c1-2-9(8-14)10-3-4-12-11(7-10)5-6-13-12/h3-7,9,13-14H,2,8H2,1H3. The average Bonchev–Trinajstić information content (AvgIpc) is 2.66. The van der Waals surface area contributed by atoms with E-state index < -0.39 is 0 Å². The van der Waals surface area contributed by atoms with Crippen LogP contribution in [0.5, 0.6) is 0 Å². The highest BCUT2D eigenvalue weighted by atomic mass is 16.3. The predicted octanol–water partition coefficient (Wildman–Crippen LogP) is 2.65. The lowest BCUT2D eigenvalue weighted by Gasteiger charge is -2.11. The molecule has 2 N–H and O–H groups in total. The van der Waals surface area contributed by atoms with Crippen molar-refractivity contribution < 1.29 is 5.11 Å². The fraction of sp³-hybridized carbons (Fsp3) is 0.333. The van der Waals surface area contributed by atoms with Crippen LogP contribution in [0.3, 0.4) is 0 Å². The molecule has 2 heteroatoms. The molecule has 0 bridgehead atoms. The number of aliphatic hydroxyl groups is 1. The van der Waals surface area contributed by atoms with Gasteiger partial charge in [0.15, 0.2) is 0 Å². The van der Waals surface area contributed by atoms with Crippen LogP contribution in [0.4, 0.5) is 0 Å². The van der Waals surface area contributed by atoms with Crippen LogP contribution >= 0.6 is 0 Å². The lowest BCUT2D eigenvalue weighted by atomic mass is 9.96. The molecule has 0 saturated heterocycles. The quantitative estimate of drug-likeness (QED) is 0.765. The highest BCUT2D eigenvalue weighted by molar-refractivity contribution is 5.80. The molecule has 74 valence electrons. The SMILES string of the molecule is CCC(CO)c1ccc2[nH]ccc2c1. The zero-order chi connectivity index (χ0) is 9.97. The van der Waals surface area contributed by atoms with Crippen LogP contribution in [0, 0.1) is 0 Å². The molecule has 0 aliphatic rings. The number of nitrogens with one attached hydrogen (secondary N) is 1. The number of H-pyrrole nitrogens is 1. The first-order valence-electron chi connectivity index (χ1n) is 5.03. The van der Waals surface area contributed by atoms with E-state index in [0.29, 0.717) is 0 Å². The Morgan fingerprint density at radius 3 is 2.93 bits per heavy atom. The van der Waals surface area contributed by atoms with Crippen molar-refractivity contribution in [2.75, 3.05) is 6.61 Å². The summed E-state index contributed by atoms with van der Waals surface area (Å²) in [5, 5.41) is 10.4. The molecule has 1 unspecified atom stereocenters. The van der Waals surface area contributed by atoms with Gasteiger partial charge in [0.1, 0.15) is 0 Å². The second-order valence-corrected chi connectivity index (χ2v) is 3.61. The largest absolute Gasteiger partial charge is 0.396 e. The van der Waals surface area contributed by atoms with Gasteiger partial charge in [0.25, 0.3) is 0 Å². The van der Waals surface area contributed by atoms with Gasteiger partial charge in [-0.1, -0.05) is 13.0 Å². The maximum absolute atomic E-state index is 9.19. The van der Waals surface area contributed by atoms with Gasteiger partial charge in [0.2, 0.25) is 0 Å². The molecule has 0 aliphatic heterocycles. The van der Waals surface area contributed by atoms with Crippen molar-refractivity contribution in [1.29, 1.82) is 0 Å². The molecule has 0 aliphatic carbocycles. The van der Waals surface area contributed by atoms with Crippen molar-refractivity contribution in [2.45, 2.75) is 19.3 Å². The second-order valence-electron chi connectivity index (χ2n) is 3.61. The zero-order valence-corrected chi connectivity index (χ0v) is 8.33. The molecule has 0 radical (unpaired) electrons. The van der Waals surface area contributed by atoms with E-state index in [-0.39, 0.29) is 12.5 Å². The molecule has 1 heterocycles. The van der Waals surface area contributed by atoms with Crippen LogP contribution in [-0.4, -0.2) is 16.7 Å². The minimum Gasteiger partial charge on any atom is -0.396 e. The third-order valence-electron chi connectivity index (χ3n) is 2.76. The summed E-state index contributed by atoms with van der Waals surface area (Å²) in [5.74, 6) is 0.272. The molecule has 2 rings (SSSR count). The fourth-order valence-corrected chi connectivity index (χ4v) is 1.80. The third-order valence-corrected chi connectivity index (χ3v) is 2.76. The molecular formula is C12H15NO. The van der Waals surface area contributed by atoms with Crippen LogP contribution in [0.25, 0.3) is 10.9 Å². The number of aromatic nitrogens is 1. The van der Waals surface area contributed by atoms with Crippen LogP contribution in [0.2, 0.25) is 0 Å². The van der Waals surface area contributed by atoms with Gasteiger partial charge in [-0.25, -0.2) is 0 Å². The van der Waals surface area contributed by atoms with Crippen molar-refractivity contribution in [1.82, 2.24) is 4.98 Å². The van der Waals surface area contributed by atoms with Gasteiger partial charge in [-0.05, 0) is 35.6 Å². The molecule has 1 aromatic carbocycles. The van der Waals surface area contributed by atoms with Crippen molar-refractivity contribution in [3.63, 3.8) is 0 Å². The molecular weight excluding hydrogens is 174 g/mol. The first-order valence-corrected chi connectivity index (χ1v) is 5.03. The Kier molecular flexibility index (Phi) is 2.55. The minimum atomic E-state index is 0.229. The van der Waals surface area contributed by atoms with Crippen LogP contribution < -0.4 is 0 Å². The number of rotatable bonds is 3. The summed E-state index contributed by atoms with van der Waals surface area (Å²) in [4.78, 5) is 3.16. The summed E-state index contributed by atoms with van der Waals surface area (Å²) in [5.41, 5.74) is 2.38. The highest BCUT2D eigenvalue weighted by Gasteiger charge is 2.08. The first kappa shape index (κ1) is 9.28. The lowest BCUT2D eigenvalue weighted by molar-refractivity contribution is 0.262. The van der Waals surface area contributed by atoms with E-state index in [4.69, 9.17) is 0 Å². The number of fused-ring (bicyclic) bond motifs is 1. The molecule has 0 spiro atoms. The average molecular weight is 189 g/mol. The summed E-state index contributed by atoms with van der Waals surface area (Å²) in [6.45, 7) is 2.33. The number of hydrogen-bond acceptors (Lipinski definition) is 1. The highest BCUT2D eigenvalue weighted by Crippen LogP contribution is 2.22. The van der Waals surface area contributed by atoms with E-state index in [1.54, 1.807) is 0 Å². The lowest BCUT2D eigenvalue weighted by Crippen LogP contribution is -2.01. The number of aliphatic hydroxyl groups excluding tert-OH is 1. The van der Waals surface area contributed by atoms with E-state index >= 15 is 0 Å². The Morgan fingerprint density at radius 1 is 1.36 bits per heavy atom. The smallest absolute Gasteiger partial charge is 0.0499 e. The van der Waals surface area contributed by atoms with Crippen LogP contribution in [0.1, 0.15) is 24.8 Å². The predicted molar refractivity (Wildman–Crippen MR) is 58.4 cm³/mol. The molecule has 1 atom stereocenters. The van der Waals surface area contributed by atoms with Crippen molar-refractivity contribution >= 4 is 10.9 Å². The zero-order valence-electron chi connectivity index (χ0n) is 8.33. The normalized spacial score (nSPS) is 13.3. The molecule has 2 nitrogen and oxygen atoms in total.